The highest BCUT2D eigenvalue weighted by Crippen LogP contribution is 2.36. The Morgan fingerprint density at radius 1 is 0.976 bits per heavy atom. The molecule has 0 saturated carbocycles. The van der Waals surface area contributed by atoms with E-state index in [9.17, 15) is 18.0 Å². The number of imidazole rings is 1. The van der Waals surface area contributed by atoms with E-state index in [2.05, 4.69) is 15.1 Å². The van der Waals surface area contributed by atoms with E-state index in [1.54, 1.807) is 50.8 Å². The minimum atomic E-state index is -4.48. The van der Waals surface area contributed by atoms with Gasteiger partial charge in [0.15, 0.2) is 11.6 Å². The van der Waals surface area contributed by atoms with Gasteiger partial charge >= 0.3 is 6.18 Å². The van der Waals surface area contributed by atoms with E-state index in [-0.39, 0.29) is 12.5 Å². The summed E-state index contributed by atoms with van der Waals surface area (Å²) in [6.07, 6.45) is -0.973. The lowest BCUT2D eigenvalue weighted by Gasteiger charge is -2.35. The zero-order valence-corrected chi connectivity index (χ0v) is 22.1. The summed E-state index contributed by atoms with van der Waals surface area (Å²) < 4.78 is 48.9. The van der Waals surface area contributed by atoms with E-state index in [1.807, 2.05) is 25.3 Å². The number of halogens is 3. The van der Waals surface area contributed by atoms with Gasteiger partial charge in [-0.05, 0) is 48.9 Å². The number of pyridine rings is 1. The van der Waals surface area contributed by atoms with E-state index in [0.717, 1.165) is 17.8 Å². The van der Waals surface area contributed by atoms with Crippen molar-refractivity contribution in [1.82, 2.24) is 34.2 Å². The highest BCUT2D eigenvalue weighted by atomic mass is 19.4. The normalized spacial score (nSPS) is 15.0. The Kier molecular flexibility index (Phi) is 6.52. The third kappa shape index (κ3) is 4.92. The summed E-state index contributed by atoms with van der Waals surface area (Å²) in [4.78, 5) is 28.8. The van der Waals surface area contributed by atoms with Gasteiger partial charge in [-0.25, -0.2) is 19.6 Å². The number of rotatable bonds is 5. The molecule has 0 bridgehead atoms. The second kappa shape index (κ2) is 10.2. The fraction of sp³-hybridized carbons (Fsp3) is 0.207. The average Bonchev–Trinajstić information content (AvgIpc) is 3.62. The minimum absolute atomic E-state index is 0.258. The molecular weight excluding hydrogens is 535 g/mol. The Bertz CT molecular complexity index is 1710. The molecule has 1 amide bonds. The largest absolute Gasteiger partial charge is 0.479 e. The van der Waals surface area contributed by atoms with Crippen molar-refractivity contribution in [2.45, 2.75) is 25.7 Å². The van der Waals surface area contributed by atoms with E-state index >= 15 is 0 Å². The van der Waals surface area contributed by atoms with E-state index < -0.39 is 17.8 Å². The molecule has 1 aliphatic rings. The van der Waals surface area contributed by atoms with Gasteiger partial charge < -0.3 is 14.2 Å². The van der Waals surface area contributed by atoms with Crippen LogP contribution < -0.4 is 4.74 Å². The number of ether oxygens (including phenoxy) is 1. The first-order valence-electron chi connectivity index (χ1n) is 12.8. The van der Waals surface area contributed by atoms with Crippen molar-refractivity contribution in [2.24, 2.45) is 0 Å². The van der Waals surface area contributed by atoms with Gasteiger partial charge in [0.25, 0.3) is 5.91 Å². The summed E-state index contributed by atoms with van der Waals surface area (Å²) in [6.45, 7) is 2.51. The molecule has 0 spiro atoms. The monoisotopic (exact) mass is 559 g/mol. The number of fused-ring (bicyclic) bond motifs is 1. The summed E-state index contributed by atoms with van der Waals surface area (Å²) in [5, 5.41) is 4.65. The molecule has 41 heavy (non-hydrogen) atoms. The number of hydrogen-bond acceptors (Lipinski definition) is 6. The van der Waals surface area contributed by atoms with E-state index in [0.29, 0.717) is 46.6 Å². The molecule has 3 aromatic heterocycles. The van der Waals surface area contributed by atoms with Crippen LogP contribution in [0.4, 0.5) is 13.2 Å². The second-order valence-corrected chi connectivity index (χ2v) is 9.55. The highest BCUT2D eigenvalue weighted by Gasteiger charge is 2.37. The van der Waals surface area contributed by atoms with Crippen LogP contribution in [0.2, 0.25) is 0 Å². The molecule has 12 heteroatoms. The van der Waals surface area contributed by atoms with Crippen molar-refractivity contribution in [3.63, 3.8) is 0 Å². The molecule has 6 rings (SSSR count). The van der Waals surface area contributed by atoms with Crippen LogP contribution in [0.25, 0.3) is 17.2 Å². The number of alkyl halides is 3. The number of carbonyl (C=O) groups is 1. The highest BCUT2D eigenvalue weighted by molar-refractivity contribution is 5.94. The number of methoxy groups -OCH3 is 1. The first-order chi connectivity index (χ1) is 19.7. The SMILES string of the molecule is COc1nc(-c2nc3n(n2)CCN(C(=O)c2ccccc2)[C@@H]3c2ccc(C(F)(F)F)cc2)ccc1-n1cnc(C)c1. The lowest BCUT2D eigenvalue weighted by molar-refractivity contribution is -0.137. The molecular formula is C29H24F3N7O2. The van der Waals surface area contributed by atoms with Gasteiger partial charge in [0.05, 0.1) is 31.2 Å². The standard InChI is InChI=1S/C29H24F3N7O2/c1-18-16-37(17-33-18)23-13-12-22(34-27(23)41-2)25-35-26-24(19-8-10-21(11-9-19)29(30,31)32)38(14-15-39(26)36-25)28(40)20-6-4-3-5-7-20/h3-13,16-17,24H,14-15H2,1-2H3/t24-/m1/s1. The predicted octanol–water partition coefficient (Wildman–Crippen LogP) is 5.11. The fourth-order valence-corrected chi connectivity index (χ4v) is 4.91. The van der Waals surface area contributed by atoms with Gasteiger partial charge in [-0.2, -0.15) is 13.2 Å². The lowest BCUT2D eigenvalue weighted by atomic mass is 9.99. The van der Waals surface area contributed by atoms with Gasteiger partial charge in [-0.15, -0.1) is 5.10 Å². The number of aromatic nitrogens is 6. The first-order valence-corrected chi connectivity index (χ1v) is 12.8. The summed E-state index contributed by atoms with van der Waals surface area (Å²) in [7, 11) is 1.51. The Hall–Kier alpha value is -5.00. The Morgan fingerprint density at radius 2 is 1.73 bits per heavy atom. The van der Waals surface area contributed by atoms with E-state index in [1.165, 1.54) is 19.2 Å². The van der Waals surface area contributed by atoms with Crippen LogP contribution in [0.3, 0.4) is 0 Å². The molecule has 0 N–H and O–H groups in total. The molecule has 5 aromatic rings. The molecule has 2 aromatic carbocycles. The van der Waals surface area contributed by atoms with Crippen LogP contribution in [0.1, 0.15) is 39.0 Å². The minimum Gasteiger partial charge on any atom is -0.479 e. The smallest absolute Gasteiger partial charge is 0.416 e. The zero-order chi connectivity index (χ0) is 28.7. The van der Waals surface area contributed by atoms with Crippen LogP contribution in [-0.4, -0.2) is 53.8 Å². The van der Waals surface area contributed by atoms with Crippen LogP contribution in [0.5, 0.6) is 5.88 Å². The van der Waals surface area contributed by atoms with Crippen LogP contribution >= 0.6 is 0 Å². The Morgan fingerprint density at radius 3 is 2.39 bits per heavy atom. The Labute approximate surface area is 232 Å². The molecule has 1 aliphatic heterocycles. The molecule has 0 saturated heterocycles. The van der Waals surface area contributed by atoms with Crippen molar-refractivity contribution in [1.29, 1.82) is 0 Å². The maximum absolute atomic E-state index is 13.6. The molecule has 0 unspecified atom stereocenters. The van der Waals surface area contributed by atoms with Crippen molar-refractivity contribution >= 4 is 5.91 Å². The maximum atomic E-state index is 13.6. The quantitative estimate of drug-likeness (QED) is 0.297. The van der Waals surface area contributed by atoms with Crippen molar-refractivity contribution in [2.75, 3.05) is 13.7 Å². The third-order valence-corrected chi connectivity index (χ3v) is 6.90. The molecule has 0 aliphatic carbocycles. The number of amides is 1. The summed E-state index contributed by atoms with van der Waals surface area (Å²) in [5.41, 5.74) is 2.14. The molecule has 208 valence electrons. The number of hydrogen-bond donors (Lipinski definition) is 0. The van der Waals surface area contributed by atoms with Crippen LogP contribution in [0, 0.1) is 6.92 Å². The summed E-state index contributed by atoms with van der Waals surface area (Å²) in [5.74, 6) is 0.807. The second-order valence-electron chi connectivity index (χ2n) is 9.55. The molecule has 1 atom stereocenters. The average molecular weight is 560 g/mol. The van der Waals surface area contributed by atoms with Crippen molar-refractivity contribution in [3.05, 3.63) is 107 Å². The van der Waals surface area contributed by atoms with Crippen LogP contribution in [-0.2, 0) is 12.7 Å². The fourth-order valence-electron chi connectivity index (χ4n) is 4.91. The van der Waals surface area contributed by atoms with E-state index in [4.69, 9.17) is 9.72 Å². The third-order valence-electron chi connectivity index (χ3n) is 6.90. The number of aryl methyl sites for hydroxylation is 1. The lowest BCUT2D eigenvalue weighted by Crippen LogP contribution is -2.43. The Balaban J connectivity index is 1.42. The van der Waals surface area contributed by atoms with Gasteiger partial charge in [0.2, 0.25) is 5.88 Å². The number of nitrogens with zero attached hydrogens (tertiary/aromatic N) is 7. The maximum Gasteiger partial charge on any atom is 0.416 e. The topological polar surface area (TPSA) is 91.0 Å². The van der Waals surface area contributed by atoms with Crippen molar-refractivity contribution < 1.29 is 22.7 Å². The van der Waals surface area contributed by atoms with Gasteiger partial charge in [0, 0.05) is 18.3 Å². The summed E-state index contributed by atoms with van der Waals surface area (Å²) in [6, 6.07) is 16.3. The molecule has 0 radical (unpaired) electrons. The molecule has 0 fully saturated rings. The van der Waals surface area contributed by atoms with Crippen molar-refractivity contribution in [3.8, 4) is 23.1 Å². The molecule has 4 heterocycles. The summed E-state index contributed by atoms with van der Waals surface area (Å²) >= 11 is 0. The number of carbonyl (C=O) groups excluding carboxylic acids is 1. The number of benzene rings is 2. The molecule has 9 nitrogen and oxygen atoms in total. The van der Waals surface area contributed by atoms with Gasteiger partial charge in [-0.1, -0.05) is 30.3 Å². The van der Waals surface area contributed by atoms with Crippen LogP contribution in [0.15, 0.2) is 79.3 Å². The first kappa shape index (κ1) is 26.2. The van der Waals surface area contributed by atoms with Gasteiger partial charge in [-0.3, -0.25) is 4.79 Å². The van der Waals surface area contributed by atoms with Gasteiger partial charge in [0.1, 0.15) is 17.4 Å². The predicted molar refractivity (Wildman–Crippen MR) is 142 cm³/mol. The zero-order valence-electron chi connectivity index (χ0n) is 22.1.